The van der Waals surface area contributed by atoms with Gasteiger partial charge >= 0.3 is 5.69 Å². The van der Waals surface area contributed by atoms with Gasteiger partial charge in [-0.3, -0.25) is 23.1 Å². The second-order valence-electron chi connectivity index (χ2n) is 3.48. The second-order valence-corrected chi connectivity index (χ2v) is 3.48. The first-order valence-corrected chi connectivity index (χ1v) is 4.86. The highest BCUT2D eigenvalue weighted by molar-refractivity contribution is 5.93. The van der Waals surface area contributed by atoms with Gasteiger partial charge in [0.2, 0.25) is 0 Å². The third kappa shape index (κ3) is 2.26. The fourth-order valence-electron chi connectivity index (χ4n) is 1.36. The van der Waals surface area contributed by atoms with Crippen molar-refractivity contribution in [2.45, 2.75) is 19.9 Å². The summed E-state index contributed by atoms with van der Waals surface area (Å²) < 4.78 is 14.0. The zero-order valence-corrected chi connectivity index (χ0v) is 9.20. The molecule has 0 saturated heterocycles. The molecule has 0 saturated carbocycles. The van der Waals surface area contributed by atoms with Crippen molar-refractivity contribution in [2.24, 2.45) is 7.05 Å². The van der Waals surface area contributed by atoms with Crippen LogP contribution in [0, 0.1) is 0 Å². The summed E-state index contributed by atoms with van der Waals surface area (Å²) in [4.78, 5) is 34.2. The van der Waals surface area contributed by atoms with Crippen LogP contribution in [0.15, 0.2) is 15.8 Å². The molecule has 0 aliphatic rings. The molecule has 88 valence electrons. The van der Waals surface area contributed by atoms with Gasteiger partial charge in [-0.15, -0.1) is 0 Å². The molecule has 0 N–H and O–H groups in total. The van der Waals surface area contributed by atoms with Gasteiger partial charge in [0.25, 0.3) is 5.56 Å². The maximum absolute atomic E-state index is 12.0. The number of aromatic nitrogens is 2. The minimum absolute atomic E-state index is 0.0547. The van der Waals surface area contributed by atoms with Crippen LogP contribution in [-0.2, 0) is 13.6 Å². The first-order chi connectivity index (χ1) is 7.49. The first-order valence-electron chi connectivity index (χ1n) is 4.86. The number of hydrogen-bond acceptors (Lipinski definition) is 3. The van der Waals surface area contributed by atoms with E-state index < -0.39 is 23.7 Å². The standard InChI is InChI=1S/C10H13FN2O3/c1-7(14)8-6-13(5-3-4-11)10(16)12(2)9(8)15/h6H,3-5H2,1-2H3. The number of alkyl halides is 1. The van der Waals surface area contributed by atoms with Crippen molar-refractivity contribution in [3.05, 3.63) is 32.6 Å². The number of nitrogens with zero attached hydrogens (tertiary/aromatic N) is 2. The molecule has 16 heavy (non-hydrogen) atoms. The molecule has 6 heteroatoms. The lowest BCUT2D eigenvalue weighted by atomic mass is 10.2. The Hall–Kier alpha value is -1.72. The quantitative estimate of drug-likeness (QED) is 0.687. The molecule has 0 fully saturated rings. The lowest BCUT2D eigenvalue weighted by molar-refractivity contribution is 0.101. The SMILES string of the molecule is CC(=O)c1cn(CCCF)c(=O)n(C)c1=O. The molecule has 0 aliphatic heterocycles. The number of ketones is 1. The summed E-state index contributed by atoms with van der Waals surface area (Å²) in [5.41, 5.74) is -1.21. The van der Waals surface area contributed by atoms with Crippen LogP contribution in [0.25, 0.3) is 0 Å². The maximum Gasteiger partial charge on any atom is 0.330 e. The third-order valence-corrected chi connectivity index (χ3v) is 2.26. The molecule has 0 spiro atoms. The average Bonchev–Trinajstić information content (AvgIpc) is 2.24. The normalized spacial score (nSPS) is 10.4. The summed E-state index contributed by atoms with van der Waals surface area (Å²) in [7, 11) is 1.29. The van der Waals surface area contributed by atoms with Crippen molar-refractivity contribution in [1.82, 2.24) is 9.13 Å². The summed E-state index contributed by atoms with van der Waals surface area (Å²) in [6.45, 7) is 0.856. The highest BCUT2D eigenvalue weighted by Gasteiger charge is 2.11. The van der Waals surface area contributed by atoms with Gasteiger partial charge in [-0.1, -0.05) is 0 Å². The summed E-state index contributed by atoms with van der Waals surface area (Å²) >= 11 is 0. The van der Waals surface area contributed by atoms with Gasteiger partial charge in [-0.05, 0) is 13.3 Å². The molecule has 1 heterocycles. The fraction of sp³-hybridized carbons (Fsp3) is 0.500. The van der Waals surface area contributed by atoms with Crippen LogP contribution in [0.4, 0.5) is 4.39 Å². The largest absolute Gasteiger partial charge is 0.330 e. The van der Waals surface area contributed by atoms with Gasteiger partial charge in [0.1, 0.15) is 0 Å². The number of carbonyl (C=O) groups excluding carboxylic acids is 1. The Morgan fingerprint density at radius 2 is 2.06 bits per heavy atom. The Morgan fingerprint density at radius 3 is 2.56 bits per heavy atom. The van der Waals surface area contributed by atoms with E-state index in [0.29, 0.717) is 0 Å². The summed E-state index contributed by atoms with van der Waals surface area (Å²) in [5.74, 6) is -0.408. The fourth-order valence-corrected chi connectivity index (χ4v) is 1.36. The Morgan fingerprint density at radius 1 is 1.44 bits per heavy atom. The molecule has 0 radical (unpaired) electrons. The van der Waals surface area contributed by atoms with E-state index in [4.69, 9.17) is 0 Å². The molecule has 0 unspecified atom stereocenters. The van der Waals surface area contributed by atoms with E-state index in [-0.39, 0.29) is 18.5 Å². The van der Waals surface area contributed by atoms with E-state index in [0.717, 1.165) is 4.57 Å². The van der Waals surface area contributed by atoms with Gasteiger partial charge in [0.15, 0.2) is 5.78 Å². The lowest BCUT2D eigenvalue weighted by Gasteiger charge is -2.07. The van der Waals surface area contributed by atoms with E-state index in [1.54, 1.807) is 0 Å². The number of hydrogen-bond donors (Lipinski definition) is 0. The van der Waals surface area contributed by atoms with E-state index >= 15 is 0 Å². The predicted octanol–water partition coefficient (Wildman–Crippen LogP) is 0.109. The lowest BCUT2D eigenvalue weighted by Crippen LogP contribution is -2.40. The monoisotopic (exact) mass is 228 g/mol. The van der Waals surface area contributed by atoms with Crippen molar-refractivity contribution < 1.29 is 9.18 Å². The van der Waals surface area contributed by atoms with E-state index in [1.165, 1.54) is 24.7 Å². The Kier molecular flexibility index (Phi) is 3.76. The molecular weight excluding hydrogens is 215 g/mol. The molecule has 0 aromatic carbocycles. The van der Waals surface area contributed by atoms with Crippen molar-refractivity contribution in [3.63, 3.8) is 0 Å². The molecule has 1 aromatic rings. The van der Waals surface area contributed by atoms with E-state index in [2.05, 4.69) is 0 Å². The molecule has 0 bridgehead atoms. The Balaban J connectivity index is 3.36. The number of aryl methyl sites for hydroxylation is 1. The zero-order valence-electron chi connectivity index (χ0n) is 9.20. The highest BCUT2D eigenvalue weighted by atomic mass is 19.1. The molecule has 0 atom stereocenters. The van der Waals surface area contributed by atoms with Crippen molar-refractivity contribution >= 4 is 5.78 Å². The molecule has 1 rings (SSSR count). The smallest absolute Gasteiger partial charge is 0.300 e. The van der Waals surface area contributed by atoms with Crippen LogP contribution in [0.2, 0.25) is 0 Å². The minimum atomic E-state index is -0.617. The highest BCUT2D eigenvalue weighted by Crippen LogP contribution is 1.93. The van der Waals surface area contributed by atoms with E-state index in [9.17, 15) is 18.8 Å². The molecule has 0 amide bonds. The Labute approximate surface area is 91.1 Å². The topological polar surface area (TPSA) is 61.1 Å². The van der Waals surface area contributed by atoms with Gasteiger partial charge in [-0.25, -0.2) is 4.79 Å². The Bertz CT molecular complexity index is 516. The van der Waals surface area contributed by atoms with Gasteiger partial charge in [-0.2, -0.15) is 0 Å². The third-order valence-electron chi connectivity index (χ3n) is 2.26. The average molecular weight is 228 g/mol. The second kappa shape index (κ2) is 4.87. The van der Waals surface area contributed by atoms with E-state index in [1.807, 2.05) is 0 Å². The zero-order chi connectivity index (χ0) is 12.3. The summed E-state index contributed by atoms with van der Waals surface area (Å²) in [5, 5.41) is 0. The van der Waals surface area contributed by atoms with Crippen LogP contribution in [0.5, 0.6) is 0 Å². The molecule has 0 aliphatic carbocycles. The van der Waals surface area contributed by atoms with Gasteiger partial charge in [0, 0.05) is 19.8 Å². The summed E-state index contributed by atoms with van der Waals surface area (Å²) in [6, 6.07) is 0. The number of halogens is 1. The van der Waals surface area contributed by atoms with Crippen LogP contribution >= 0.6 is 0 Å². The van der Waals surface area contributed by atoms with Crippen LogP contribution < -0.4 is 11.2 Å². The number of carbonyl (C=O) groups is 1. The number of rotatable bonds is 4. The molecular formula is C10H13FN2O3. The predicted molar refractivity (Wildman–Crippen MR) is 56.5 cm³/mol. The van der Waals surface area contributed by atoms with Crippen molar-refractivity contribution in [1.29, 1.82) is 0 Å². The first kappa shape index (κ1) is 12.4. The summed E-state index contributed by atoms with van der Waals surface area (Å²) in [6.07, 6.45) is 1.37. The van der Waals surface area contributed by atoms with Crippen LogP contribution in [-0.4, -0.2) is 21.6 Å². The van der Waals surface area contributed by atoms with Crippen LogP contribution in [0.1, 0.15) is 23.7 Å². The van der Waals surface area contributed by atoms with Gasteiger partial charge < -0.3 is 0 Å². The maximum atomic E-state index is 12.0. The minimum Gasteiger partial charge on any atom is -0.300 e. The van der Waals surface area contributed by atoms with Gasteiger partial charge in [0.05, 0.1) is 12.2 Å². The molecule has 5 nitrogen and oxygen atoms in total. The number of Topliss-reactive ketones (excluding diaryl/α,β-unsaturated/α-hetero) is 1. The van der Waals surface area contributed by atoms with Crippen LogP contribution in [0.3, 0.4) is 0 Å². The van der Waals surface area contributed by atoms with Crippen molar-refractivity contribution in [2.75, 3.05) is 6.67 Å². The van der Waals surface area contributed by atoms with Crippen molar-refractivity contribution in [3.8, 4) is 0 Å². The molecule has 1 aromatic heterocycles.